The molecule has 0 bridgehead atoms. The maximum Gasteiger partial charge on any atom is 0.236 e. The fraction of sp³-hybridized carbons (Fsp3) is 0.308. The number of nitrogens with zero attached hydrogens (tertiary/aromatic N) is 4. The first kappa shape index (κ1) is 13.6. The molecule has 3 rings (SSSR count). The van der Waals surface area contributed by atoms with Crippen molar-refractivity contribution >= 4 is 26.7 Å². The summed E-state index contributed by atoms with van der Waals surface area (Å²) in [4.78, 5) is 8.06. The molecule has 3 heterocycles. The minimum absolute atomic E-state index is 0.0548. The molecule has 1 fully saturated rings. The van der Waals surface area contributed by atoms with Gasteiger partial charge in [0.15, 0.2) is 17.3 Å². The molecule has 1 aliphatic rings. The zero-order chi connectivity index (χ0) is 15.0. The second kappa shape index (κ2) is 4.86. The van der Waals surface area contributed by atoms with Gasteiger partial charge in [0.25, 0.3) is 0 Å². The van der Waals surface area contributed by atoms with Crippen LogP contribution in [0, 0.1) is 11.3 Å². The highest BCUT2D eigenvalue weighted by molar-refractivity contribution is 7.92. The van der Waals surface area contributed by atoms with Crippen molar-refractivity contribution in [1.82, 2.24) is 9.97 Å². The van der Waals surface area contributed by atoms with Crippen LogP contribution in [0.5, 0.6) is 5.75 Å². The summed E-state index contributed by atoms with van der Waals surface area (Å²) in [5, 5.41) is 19.5. The number of aromatic hydroxyl groups is 1. The van der Waals surface area contributed by atoms with Crippen LogP contribution in [0.25, 0.3) is 10.9 Å². The molecule has 0 saturated carbocycles. The SMILES string of the molecule is N#Cc1nc(N2CCCCS2(=O)=O)c2cccnc2c1O. The van der Waals surface area contributed by atoms with Gasteiger partial charge in [-0.05, 0) is 25.0 Å². The molecule has 2 aromatic rings. The van der Waals surface area contributed by atoms with Gasteiger partial charge in [-0.3, -0.25) is 9.29 Å². The Kier molecular flexibility index (Phi) is 3.14. The summed E-state index contributed by atoms with van der Waals surface area (Å²) >= 11 is 0. The Morgan fingerprint density at radius 1 is 1.38 bits per heavy atom. The van der Waals surface area contributed by atoms with E-state index in [0.29, 0.717) is 18.4 Å². The molecule has 0 radical (unpaired) electrons. The van der Waals surface area contributed by atoms with Gasteiger partial charge >= 0.3 is 0 Å². The van der Waals surface area contributed by atoms with Gasteiger partial charge in [0.2, 0.25) is 10.0 Å². The van der Waals surface area contributed by atoms with Gasteiger partial charge < -0.3 is 5.11 Å². The van der Waals surface area contributed by atoms with Crippen LogP contribution in [0.1, 0.15) is 18.5 Å². The number of fused-ring (bicyclic) bond motifs is 1. The van der Waals surface area contributed by atoms with Crippen molar-refractivity contribution in [3.05, 3.63) is 24.0 Å². The fourth-order valence-corrected chi connectivity index (χ4v) is 4.00. The van der Waals surface area contributed by atoms with Crippen LogP contribution in [0.2, 0.25) is 0 Å². The predicted molar refractivity (Wildman–Crippen MR) is 76.3 cm³/mol. The highest BCUT2D eigenvalue weighted by Crippen LogP contribution is 2.34. The Balaban J connectivity index is 2.32. The molecule has 0 aliphatic carbocycles. The molecule has 0 atom stereocenters. The van der Waals surface area contributed by atoms with Crippen LogP contribution in [0.4, 0.5) is 5.82 Å². The lowest BCUT2D eigenvalue weighted by molar-refractivity contribution is 0.475. The quantitative estimate of drug-likeness (QED) is 0.846. The summed E-state index contributed by atoms with van der Waals surface area (Å²) < 4.78 is 25.7. The van der Waals surface area contributed by atoms with Gasteiger partial charge in [-0.25, -0.2) is 13.4 Å². The summed E-state index contributed by atoms with van der Waals surface area (Å²) in [5.41, 5.74) is -0.0446. The van der Waals surface area contributed by atoms with E-state index in [2.05, 4.69) is 9.97 Å². The average Bonchev–Trinajstić information content (AvgIpc) is 2.48. The molecule has 2 aromatic heterocycles. The smallest absolute Gasteiger partial charge is 0.236 e. The molecule has 0 spiro atoms. The third kappa shape index (κ3) is 2.15. The Labute approximate surface area is 121 Å². The molecule has 1 N–H and O–H groups in total. The standard InChI is InChI=1S/C13H12N4O3S/c14-8-10-12(18)11-9(4-3-5-15-11)13(16-10)17-6-1-2-7-21(17,19)20/h3-5,18H,1-2,6-7H2. The number of sulfonamides is 1. The van der Waals surface area contributed by atoms with Gasteiger partial charge in [0.1, 0.15) is 11.6 Å². The van der Waals surface area contributed by atoms with Crippen molar-refractivity contribution in [3.8, 4) is 11.8 Å². The van der Waals surface area contributed by atoms with Crippen LogP contribution < -0.4 is 4.31 Å². The molecule has 1 saturated heterocycles. The molecular formula is C13H12N4O3S. The van der Waals surface area contributed by atoms with E-state index in [1.807, 2.05) is 0 Å². The van der Waals surface area contributed by atoms with Gasteiger partial charge in [-0.15, -0.1) is 0 Å². The number of pyridine rings is 2. The summed E-state index contributed by atoms with van der Waals surface area (Å²) in [7, 11) is -3.45. The fourth-order valence-electron chi connectivity index (χ4n) is 2.40. The number of aromatic nitrogens is 2. The summed E-state index contributed by atoms with van der Waals surface area (Å²) in [5.74, 6) is -0.113. The second-order valence-electron chi connectivity index (χ2n) is 4.74. The lowest BCUT2D eigenvalue weighted by Crippen LogP contribution is -2.38. The van der Waals surface area contributed by atoms with Crippen LogP contribution in [0.3, 0.4) is 0 Å². The van der Waals surface area contributed by atoms with E-state index in [4.69, 9.17) is 5.26 Å². The van der Waals surface area contributed by atoms with Crippen LogP contribution in [-0.2, 0) is 10.0 Å². The number of rotatable bonds is 1. The monoisotopic (exact) mass is 304 g/mol. The van der Waals surface area contributed by atoms with Gasteiger partial charge in [-0.1, -0.05) is 0 Å². The highest BCUT2D eigenvalue weighted by Gasteiger charge is 2.30. The molecule has 1 aliphatic heterocycles. The number of nitriles is 1. The first-order valence-corrected chi connectivity index (χ1v) is 8.04. The van der Waals surface area contributed by atoms with Gasteiger partial charge in [-0.2, -0.15) is 5.26 Å². The molecule has 21 heavy (non-hydrogen) atoms. The third-order valence-corrected chi connectivity index (χ3v) is 5.24. The zero-order valence-electron chi connectivity index (χ0n) is 11.0. The van der Waals surface area contributed by atoms with E-state index < -0.39 is 10.0 Å². The molecule has 0 amide bonds. The third-order valence-electron chi connectivity index (χ3n) is 3.41. The van der Waals surface area contributed by atoms with Crippen molar-refractivity contribution in [2.75, 3.05) is 16.6 Å². The van der Waals surface area contributed by atoms with E-state index in [0.717, 1.165) is 6.42 Å². The van der Waals surface area contributed by atoms with Crippen LogP contribution in [-0.4, -0.2) is 35.8 Å². The van der Waals surface area contributed by atoms with Crippen molar-refractivity contribution in [2.24, 2.45) is 0 Å². The maximum absolute atomic E-state index is 12.2. The van der Waals surface area contributed by atoms with E-state index in [1.165, 1.54) is 10.5 Å². The zero-order valence-corrected chi connectivity index (χ0v) is 11.8. The second-order valence-corrected chi connectivity index (χ2v) is 6.75. The normalized spacial score (nSPS) is 17.6. The number of anilines is 1. The van der Waals surface area contributed by atoms with E-state index in [-0.39, 0.29) is 28.5 Å². The van der Waals surface area contributed by atoms with E-state index in [9.17, 15) is 13.5 Å². The molecule has 108 valence electrons. The average molecular weight is 304 g/mol. The van der Waals surface area contributed by atoms with Crippen molar-refractivity contribution < 1.29 is 13.5 Å². The number of hydrogen-bond donors (Lipinski definition) is 1. The first-order valence-electron chi connectivity index (χ1n) is 6.43. The Morgan fingerprint density at radius 3 is 2.90 bits per heavy atom. The van der Waals surface area contributed by atoms with Gasteiger partial charge in [0.05, 0.1) is 5.75 Å². The lowest BCUT2D eigenvalue weighted by atomic mass is 10.2. The van der Waals surface area contributed by atoms with E-state index in [1.54, 1.807) is 18.2 Å². The van der Waals surface area contributed by atoms with Crippen LogP contribution in [0.15, 0.2) is 18.3 Å². The summed E-state index contributed by atoms with van der Waals surface area (Å²) in [6, 6.07) is 5.04. The topological polar surface area (TPSA) is 107 Å². The van der Waals surface area contributed by atoms with Gasteiger partial charge in [0, 0.05) is 18.1 Å². The molecular weight excluding hydrogens is 292 g/mol. The molecule has 7 nitrogen and oxygen atoms in total. The summed E-state index contributed by atoms with van der Waals surface area (Å²) in [6.45, 7) is 0.314. The largest absolute Gasteiger partial charge is 0.503 e. The predicted octanol–water partition coefficient (Wildman–Crippen LogP) is 1.14. The highest BCUT2D eigenvalue weighted by atomic mass is 32.2. The first-order chi connectivity index (χ1) is 10.0. The molecule has 0 unspecified atom stereocenters. The number of hydrogen-bond acceptors (Lipinski definition) is 6. The minimum atomic E-state index is -3.45. The molecule has 8 heteroatoms. The van der Waals surface area contributed by atoms with Crippen molar-refractivity contribution in [2.45, 2.75) is 12.8 Å². The summed E-state index contributed by atoms with van der Waals surface area (Å²) in [6.07, 6.45) is 2.81. The van der Waals surface area contributed by atoms with Crippen LogP contribution >= 0.6 is 0 Å². The van der Waals surface area contributed by atoms with Crippen molar-refractivity contribution in [3.63, 3.8) is 0 Å². The maximum atomic E-state index is 12.2. The van der Waals surface area contributed by atoms with E-state index >= 15 is 0 Å². The van der Waals surface area contributed by atoms with Crippen molar-refractivity contribution in [1.29, 1.82) is 5.26 Å². The Hall–Kier alpha value is -2.40. The molecule has 0 aromatic carbocycles. The minimum Gasteiger partial charge on any atom is -0.503 e. The Morgan fingerprint density at radius 2 is 2.19 bits per heavy atom. The Bertz CT molecular complexity index is 858. The lowest BCUT2D eigenvalue weighted by Gasteiger charge is -2.28.